The molecule has 33 heavy (non-hydrogen) atoms. The van der Waals surface area contributed by atoms with Crippen LogP contribution in [-0.4, -0.2) is 23.7 Å². The highest BCUT2D eigenvalue weighted by Crippen LogP contribution is 2.41. The van der Waals surface area contributed by atoms with Gasteiger partial charge >= 0.3 is 5.69 Å². The molecule has 0 bridgehead atoms. The van der Waals surface area contributed by atoms with E-state index in [4.69, 9.17) is 4.74 Å². The maximum Gasteiger partial charge on any atom is 0.312 e. The van der Waals surface area contributed by atoms with Crippen LogP contribution in [0.5, 0.6) is 5.75 Å². The largest absolute Gasteiger partial charge is 0.486 e. The zero-order valence-electron chi connectivity index (χ0n) is 18.0. The molecule has 1 amide bonds. The maximum atomic E-state index is 13.2. The first-order chi connectivity index (χ1) is 16.0. The molecule has 0 saturated carbocycles. The first kappa shape index (κ1) is 23.1. The fourth-order valence-corrected chi connectivity index (χ4v) is 5.63. The molecule has 1 aliphatic carbocycles. The summed E-state index contributed by atoms with van der Waals surface area (Å²) in [6, 6.07) is 12.5. The number of fused-ring (bicyclic) bond motifs is 1. The van der Waals surface area contributed by atoms with E-state index in [0.717, 1.165) is 36.9 Å². The topological polar surface area (TPSA) is 93.8 Å². The van der Waals surface area contributed by atoms with Crippen LogP contribution in [0.25, 0.3) is 0 Å². The molecule has 3 aromatic rings. The average Bonchev–Trinajstić information content (AvgIpc) is 3.18. The van der Waals surface area contributed by atoms with E-state index in [9.17, 15) is 14.9 Å². The highest BCUT2D eigenvalue weighted by atomic mass is 79.9. The molecule has 4 rings (SSSR count). The van der Waals surface area contributed by atoms with E-state index in [1.807, 2.05) is 30.3 Å². The number of amides is 1. The first-order valence-corrected chi connectivity index (χ1v) is 12.2. The van der Waals surface area contributed by atoms with Gasteiger partial charge in [0.15, 0.2) is 0 Å². The summed E-state index contributed by atoms with van der Waals surface area (Å²) in [5.41, 5.74) is 2.78. The second-order valence-corrected chi connectivity index (χ2v) is 9.45. The van der Waals surface area contributed by atoms with Gasteiger partial charge < -0.3 is 10.1 Å². The van der Waals surface area contributed by atoms with Crippen LogP contribution in [0.4, 0.5) is 16.4 Å². The van der Waals surface area contributed by atoms with Crippen molar-refractivity contribution in [1.82, 2.24) is 0 Å². The number of hydrogen-bond donors (Lipinski definition) is 1. The summed E-state index contributed by atoms with van der Waals surface area (Å²) < 4.78 is 5.90. The smallest absolute Gasteiger partial charge is 0.312 e. The molecule has 9 heteroatoms. The number of aliphatic imine (C=N–C) groups is 1. The highest BCUT2D eigenvalue weighted by Gasteiger charge is 2.25. The van der Waals surface area contributed by atoms with Crippen LogP contribution < -0.4 is 10.1 Å². The number of halogens is 1. The van der Waals surface area contributed by atoms with Gasteiger partial charge in [-0.1, -0.05) is 18.2 Å². The Kier molecular flexibility index (Phi) is 7.20. The minimum Gasteiger partial charge on any atom is -0.486 e. The average molecular weight is 528 g/mol. The number of nitrogens with one attached hydrogen (secondary N) is 1. The van der Waals surface area contributed by atoms with Gasteiger partial charge in [-0.25, -0.2) is 4.99 Å². The number of nitro groups is 1. The predicted molar refractivity (Wildman–Crippen MR) is 135 cm³/mol. The minimum absolute atomic E-state index is 0.139. The molecular weight excluding hydrogens is 506 g/mol. The van der Waals surface area contributed by atoms with Gasteiger partial charge in [-0.3, -0.25) is 14.9 Å². The maximum absolute atomic E-state index is 13.2. The molecule has 170 valence electrons. The summed E-state index contributed by atoms with van der Waals surface area (Å²) >= 11 is 4.88. The molecule has 1 heterocycles. The summed E-state index contributed by atoms with van der Waals surface area (Å²) in [6.07, 6.45) is 5.47. The van der Waals surface area contributed by atoms with Crippen LogP contribution in [0, 0.1) is 10.1 Å². The Bertz CT molecular complexity index is 1220. The third-order valence-electron chi connectivity index (χ3n) is 5.27. The summed E-state index contributed by atoms with van der Waals surface area (Å²) in [4.78, 5) is 30.1. The van der Waals surface area contributed by atoms with Crippen LogP contribution in [0.1, 0.15) is 46.1 Å². The molecule has 0 saturated heterocycles. The van der Waals surface area contributed by atoms with Crippen LogP contribution in [0.2, 0.25) is 0 Å². The lowest BCUT2D eigenvalue weighted by atomic mass is 9.95. The van der Waals surface area contributed by atoms with Crippen molar-refractivity contribution in [3.8, 4) is 5.75 Å². The Balaban J connectivity index is 1.70. The predicted octanol–water partition coefficient (Wildman–Crippen LogP) is 6.70. The van der Waals surface area contributed by atoms with Crippen LogP contribution in [0.3, 0.4) is 0 Å². The van der Waals surface area contributed by atoms with Gasteiger partial charge in [-0.15, -0.1) is 11.3 Å². The molecule has 0 aliphatic heterocycles. The summed E-state index contributed by atoms with van der Waals surface area (Å²) in [6.45, 7) is 2.08. The zero-order valence-corrected chi connectivity index (χ0v) is 20.4. The third kappa shape index (κ3) is 5.15. The van der Waals surface area contributed by atoms with E-state index in [1.165, 1.54) is 22.3 Å². The summed E-state index contributed by atoms with van der Waals surface area (Å²) in [5, 5.41) is 15.1. The Morgan fingerprint density at radius 2 is 2.03 bits per heavy atom. The highest BCUT2D eigenvalue weighted by molar-refractivity contribution is 9.10. The van der Waals surface area contributed by atoms with Crippen molar-refractivity contribution in [2.75, 3.05) is 11.9 Å². The van der Waals surface area contributed by atoms with Crippen molar-refractivity contribution < 1.29 is 14.5 Å². The molecule has 0 unspecified atom stereocenters. The zero-order chi connectivity index (χ0) is 23.4. The number of ether oxygens (including phenoxy) is 1. The second kappa shape index (κ2) is 10.3. The van der Waals surface area contributed by atoms with Crippen molar-refractivity contribution in [2.24, 2.45) is 4.99 Å². The molecule has 7 nitrogen and oxygen atoms in total. The lowest BCUT2D eigenvalue weighted by Gasteiger charge is -2.12. The number of nitrogens with zero attached hydrogens (tertiary/aromatic N) is 2. The first-order valence-electron chi connectivity index (χ1n) is 10.6. The number of carbonyl (C=O) groups excluding carboxylic acids is 1. The molecule has 2 aromatic carbocycles. The van der Waals surface area contributed by atoms with Gasteiger partial charge in [0.1, 0.15) is 5.00 Å². The Morgan fingerprint density at radius 1 is 1.27 bits per heavy atom. The lowest BCUT2D eigenvalue weighted by molar-refractivity contribution is -0.385. The molecular formula is C24H22BrN3O4S. The van der Waals surface area contributed by atoms with Crippen molar-refractivity contribution >= 4 is 55.8 Å². The Hall–Kier alpha value is -3.04. The van der Waals surface area contributed by atoms with E-state index < -0.39 is 4.92 Å². The molecule has 1 N–H and O–H groups in total. The molecule has 0 fully saturated rings. The second-order valence-electron chi connectivity index (χ2n) is 7.51. The standard InChI is InChI=1S/C24H22BrN3O4S/c1-2-32-22-18(25)12-15(13-19(22)28(30)31)14-26-24-21(17-10-6-7-11-20(17)33-24)23(29)27-16-8-4-3-5-9-16/h3-5,8-9,12-14H,2,6-7,10-11H2,1H3,(H,27,29). The van der Waals surface area contributed by atoms with E-state index in [-0.39, 0.29) is 17.3 Å². The number of carbonyl (C=O) groups is 1. The lowest BCUT2D eigenvalue weighted by Crippen LogP contribution is -2.14. The van der Waals surface area contributed by atoms with Gasteiger partial charge in [0.05, 0.1) is 21.6 Å². The van der Waals surface area contributed by atoms with Crippen LogP contribution in [0.15, 0.2) is 51.9 Å². The summed E-state index contributed by atoms with van der Waals surface area (Å²) in [5.74, 6) is 0.000713. The number of aryl methyl sites for hydroxylation is 1. The van der Waals surface area contributed by atoms with Crippen molar-refractivity contribution in [3.05, 3.63) is 78.6 Å². The molecule has 0 radical (unpaired) electrons. The SMILES string of the molecule is CCOc1c(Br)cc(C=Nc2sc3c(c2C(=O)Nc2ccccc2)CCCC3)cc1[N+](=O)[O-]. The van der Waals surface area contributed by atoms with Gasteiger partial charge in [0.2, 0.25) is 5.75 Å². The number of para-hydroxylation sites is 1. The molecule has 0 spiro atoms. The molecule has 1 aromatic heterocycles. The van der Waals surface area contributed by atoms with E-state index in [2.05, 4.69) is 26.2 Å². The van der Waals surface area contributed by atoms with Crippen molar-refractivity contribution in [1.29, 1.82) is 0 Å². The van der Waals surface area contributed by atoms with E-state index >= 15 is 0 Å². The number of hydrogen-bond acceptors (Lipinski definition) is 6. The van der Waals surface area contributed by atoms with Crippen molar-refractivity contribution in [3.63, 3.8) is 0 Å². The van der Waals surface area contributed by atoms with Crippen molar-refractivity contribution in [2.45, 2.75) is 32.6 Å². The fourth-order valence-electron chi connectivity index (χ4n) is 3.82. The molecule has 0 atom stereocenters. The number of rotatable bonds is 7. The third-order valence-corrected chi connectivity index (χ3v) is 7.06. The minimum atomic E-state index is -0.477. The number of nitro benzene ring substituents is 1. The number of thiophene rings is 1. The normalized spacial score (nSPS) is 13.0. The van der Waals surface area contributed by atoms with Gasteiger partial charge in [-0.05, 0) is 72.3 Å². The van der Waals surface area contributed by atoms with E-state index in [1.54, 1.807) is 19.2 Å². The van der Waals surface area contributed by atoms with E-state index in [0.29, 0.717) is 27.2 Å². The van der Waals surface area contributed by atoms with Crippen LogP contribution in [-0.2, 0) is 12.8 Å². The number of benzene rings is 2. The van der Waals surface area contributed by atoms with Gasteiger partial charge in [0.25, 0.3) is 5.91 Å². The van der Waals surface area contributed by atoms with Crippen LogP contribution >= 0.6 is 27.3 Å². The fraction of sp³-hybridized carbons (Fsp3) is 0.250. The monoisotopic (exact) mass is 527 g/mol. The summed E-state index contributed by atoms with van der Waals surface area (Å²) in [7, 11) is 0. The van der Waals surface area contributed by atoms with Gasteiger partial charge in [0, 0.05) is 28.4 Å². The quantitative estimate of drug-likeness (QED) is 0.210. The molecule has 1 aliphatic rings. The Labute approximate surface area is 203 Å². The number of anilines is 1. The Morgan fingerprint density at radius 3 is 2.76 bits per heavy atom. The van der Waals surface area contributed by atoms with Gasteiger partial charge in [-0.2, -0.15) is 0 Å².